The third-order valence-corrected chi connectivity index (χ3v) is 4.95. The molecule has 1 amide bonds. The van der Waals surface area contributed by atoms with Crippen molar-refractivity contribution in [3.05, 3.63) is 33.8 Å². The summed E-state index contributed by atoms with van der Waals surface area (Å²) in [5.74, 6) is 0.539. The fourth-order valence-corrected chi connectivity index (χ4v) is 3.31. The van der Waals surface area contributed by atoms with Gasteiger partial charge in [0.15, 0.2) is 0 Å². The topological polar surface area (TPSA) is 46.3 Å². The number of rotatable bonds is 4. The maximum absolute atomic E-state index is 12.5. The molecule has 2 rings (SSSR count). The zero-order valence-electron chi connectivity index (χ0n) is 12.0. The molecule has 3 nitrogen and oxygen atoms in total. The molecule has 21 heavy (non-hydrogen) atoms. The van der Waals surface area contributed by atoms with E-state index in [0.717, 1.165) is 24.8 Å². The van der Waals surface area contributed by atoms with Crippen LogP contribution in [-0.4, -0.2) is 24.4 Å². The number of nitrogens with two attached hydrogens (primary N) is 1. The van der Waals surface area contributed by atoms with Crippen molar-refractivity contribution < 1.29 is 4.79 Å². The minimum atomic E-state index is 0. The average Bonchev–Trinajstić information content (AvgIpc) is 2.91. The van der Waals surface area contributed by atoms with Crippen LogP contribution in [0.15, 0.2) is 18.2 Å². The van der Waals surface area contributed by atoms with Gasteiger partial charge in [-0.1, -0.05) is 41.8 Å². The Bertz CT molecular complexity index is 496. The van der Waals surface area contributed by atoms with Gasteiger partial charge in [-0.25, -0.2) is 0 Å². The molecule has 118 valence electrons. The molecule has 0 bridgehead atoms. The molecule has 2 atom stereocenters. The van der Waals surface area contributed by atoms with E-state index in [4.69, 9.17) is 28.9 Å². The van der Waals surface area contributed by atoms with Gasteiger partial charge in [0, 0.05) is 19.5 Å². The van der Waals surface area contributed by atoms with Crippen LogP contribution in [0, 0.1) is 11.8 Å². The number of nitrogens with zero attached hydrogens (tertiary/aromatic N) is 1. The summed E-state index contributed by atoms with van der Waals surface area (Å²) in [5, 5.41) is 1.04. The molecule has 1 aliphatic carbocycles. The largest absolute Gasteiger partial charge is 0.341 e. The van der Waals surface area contributed by atoms with E-state index in [1.54, 1.807) is 11.0 Å². The predicted molar refractivity (Wildman–Crippen MR) is 90.1 cm³/mol. The first-order valence-electron chi connectivity index (χ1n) is 6.92. The van der Waals surface area contributed by atoms with Crippen LogP contribution >= 0.6 is 35.6 Å². The minimum Gasteiger partial charge on any atom is -0.341 e. The van der Waals surface area contributed by atoms with E-state index in [2.05, 4.69) is 0 Å². The number of halogens is 3. The molecule has 0 saturated heterocycles. The maximum Gasteiger partial charge on any atom is 0.226 e. The van der Waals surface area contributed by atoms with E-state index in [9.17, 15) is 4.79 Å². The van der Waals surface area contributed by atoms with Gasteiger partial charge in [-0.15, -0.1) is 12.4 Å². The fraction of sp³-hybridized carbons (Fsp3) is 0.533. The highest BCUT2D eigenvalue weighted by atomic mass is 35.5. The number of hydrogen-bond donors (Lipinski definition) is 1. The first kappa shape index (κ1) is 18.6. The number of carbonyl (C=O) groups excluding carboxylic acids is 1. The van der Waals surface area contributed by atoms with Gasteiger partial charge in [-0.05, 0) is 36.9 Å². The van der Waals surface area contributed by atoms with E-state index in [1.807, 2.05) is 19.2 Å². The van der Waals surface area contributed by atoms with Gasteiger partial charge in [0.2, 0.25) is 5.91 Å². The second kappa shape index (κ2) is 8.23. The maximum atomic E-state index is 12.5. The van der Waals surface area contributed by atoms with E-state index >= 15 is 0 Å². The second-order valence-electron chi connectivity index (χ2n) is 5.44. The molecular weight excluding hydrogens is 331 g/mol. The predicted octanol–water partition coefficient (Wildman–Crippen LogP) is 3.75. The van der Waals surface area contributed by atoms with Gasteiger partial charge in [0.05, 0.1) is 10.0 Å². The van der Waals surface area contributed by atoms with Crippen LogP contribution in [-0.2, 0) is 11.3 Å². The van der Waals surface area contributed by atoms with Crippen LogP contribution < -0.4 is 5.73 Å². The van der Waals surface area contributed by atoms with Crippen LogP contribution in [0.4, 0.5) is 0 Å². The summed E-state index contributed by atoms with van der Waals surface area (Å²) >= 11 is 12.2. The van der Waals surface area contributed by atoms with Gasteiger partial charge < -0.3 is 10.6 Å². The Kier molecular flexibility index (Phi) is 7.28. The van der Waals surface area contributed by atoms with Crippen molar-refractivity contribution >= 4 is 41.5 Å². The van der Waals surface area contributed by atoms with Gasteiger partial charge >= 0.3 is 0 Å². The number of hydrogen-bond acceptors (Lipinski definition) is 2. The zero-order valence-corrected chi connectivity index (χ0v) is 14.3. The van der Waals surface area contributed by atoms with E-state index in [0.29, 0.717) is 29.1 Å². The molecule has 1 aromatic rings. The lowest BCUT2D eigenvalue weighted by Crippen LogP contribution is -2.36. The molecule has 2 N–H and O–H groups in total. The zero-order chi connectivity index (χ0) is 14.7. The van der Waals surface area contributed by atoms with Gasteiger partial charge in [-0.2, -0.15) is 0 Å². The highest BCUT2D eigenvalue weighted by molar-refractivity contribution is 6.42. The third-order valence-electron chi connectivity index (χ3n) is 4.09. The lowest BCUT2D eigenvalue weighted by atomic mass is 9.95. The Hall–Kier alpha value is -0.480. The Labute approximate surface area is 142 Å². The molecule has 0 unspecified atom stereocenters. The molecule has 1 saturated carbocycles. The summed E-state index contributed by atoms with van der Waals surface area (Å²) < 4.78 is 0. The smallest absolute Gasteiger partial charge is 0.226 e. The van der Waals surface area contributed by atoms with Gasteiger partial charge in [0.1, 0.15) is 0 Å². The van der Waals surface area contributed by atoms with Crippen molar-refractivity contribution in [3.8, 4) is 0 Å². The van der Waals surface area contributed by atoms with Crippen molar-refractivity contribution in [1.82, 2.24) is 4.90 Å². The molecule has 0 aliphatic heterocycles. The summed E-state index contributed by atoms with van der Waals surface area (Å²) in [6.45, 7) is 1.06. The lowest BCUT2D eigenvalue weighted by Gasteiger charge is -2.25. The highest BCUT2D eigenvalue weighted by Crippen LogP contribution is 2.33. The first-order chi connectivity index (χ1) is 9.54. The van der Waals surface area contributed by atoms with Crippen LogP contribution in [0.2, 0.25) is 10.0 Å². The van der Waals surface area contributed by atoms with Gasteiger partial charge in [-0.3, -0.25) is 4.79 Å². The fourth-order valence-electron chi connectivity index (χ4n) is 2.93. The molecule has 1 fully saturated rings. The number of benzene rings is 1. The summed E-state index contributed by atoms with van der Waals surface area (Å²) in [7, 11) is 1.81. The van der Waals surface area contributed by atoms with Crippen molar-refractivity contribution in [2.75, 3.05) is 13.6 Å². The second-order valence-corrected chi connectivity index (χ2v) is 6.23. The number of amides is 1. The van der Waals surface area contributed by atoms with Crippen molar-refractivity contribution in [2.24, 2.45) is 17.6 Å². The Morgan fingerprint density at radius 3 is 2.76 bits per heavy atom. The summed E-state index contributed by atoms with van der Waals surface area (Å²) in [5.41, 5.74) is 6.62. The highest BCUT2D eigenvalue weighted by Gasteiger charge is 2.33. The third kappa shape index (κ3) is 4.26. The van der Waals surface area contributed by atoms with Crippen LogP contribution in [0.3, 0.4) is 0 Å². The molecule has 6 heteroatoms. The number of carbonyl (C=O) groups is 1. The normalized spacial score (nSPS) is 21.0. The standard InChI is InChI=1S/C15H20Cl2N2O.ClH/c1-19(9-11-5-3-7-13(16)14(11)17)15(20)12-6-2-4-10(12)8-18;/h3,5,7,10,12H,2,4,6,8-9,18H2,1H3;1H/t10-,12-;/m1./s1. The van der Waals surface area contributed by atoms with Gasteiger partial charge in [0.25, 0.3) is 0 Å². The Balaban J connectivity index is 0.00000220. The molecule has 1 aromatic carbocycles. The quantitative estimate of drug-likeness (QED) is 0.898. The average molecular weight is 352 g/mol. The van der Waals surface area contributed by atoms with Crippen molar-refractivity contribution in [2.45, 2.75) is 25.8 Å². The summed E-state index contributed by atoms with van der Waals surface area (Å²) in [6.07, 6.45) is 3.08. The molecule has 1 aliphatic rings. The van der Waals surface area contributed by atoms with Crippen molar-refractivity contribution in [3.63, 3.8) is 0 Å². The first-order valence-corrected chi connectivity index (χ1v) is 7.68. The lowest BCUT2D eigenvalue weighted by molar-refractivity contribution is -0.135. The summed E-state index contributed by atoms with van der Waals surface area (Å²) in [4.78, 5) is 14.2. The molecule has 0 spiro atoms. The molecule has 0 radical (unpaired) electrons. The molecular formula is C15H21Cl3N2O. The summed E-state index contributed by atoms with van der Waals surface area (Å²) in [6, 6.07) is 5.49. The molecule has 0 heterocycles. The van der Waals surface area contributed by atoms with E-state index in [-0.39, 0.29) is 24.2 Å². The van der Waals surface area contributed by atoms with Crippen LogP contribution in [0.25, 0.3) is 0 Å². The van der Waals surface area contributed by atoms with Crippen molar-refractivity contribution in [1.29, 1.82) is 0 Å². The molecule has 0 aromatic heterocycles. The van der Waals surface area contributed by atoms with E-state index in [1.165, 1.54) is 0 Å². The van der Waals surface area contributed by atoms with Crippen LogP contribution in [0.5, 0.6) is 0 Å². The van der Waals surface area contributed by atoms with E-state index < -0.39 is 0 Å². The SMILES string of the molecule is CN(Cc1cccc(Cl)c1Cl)C(=O)[C@@H]1CCC[C@@H]1CN.Cl. The van der Waals surface area contributed by atoms with Crippen LogP contribution in [0.1, 0.15) is 24.8 Å². The monoisotopic (exact) mass is 350 g/mol. The minimum absolute atomic E-state index is 0. The Morgan fingerprint density at radius 2 is 2.10 bits per heavy atom. The Morgan fingerprint density at radius 1 is 1.38 bits per heavy atom.